The number of carboxylic acids is 1. The summed E-state index contributed by atoms with van der Waals surface area (Å²) >= 11 is 0. The lowest BCUT2D eigenvalue weighted by molar-refractivity contribution is -0.142. The highest BCUT2D eigenvalue weighted by molar-refractivity contribution is 5.70. The van der Waals surface area contributed by atoms with Crippen molar-refractivity contribution in [2.75, 3.05) is 7.11 Å². The Morgan fingerprint density at radius 3 is 2.33 bits per heavy atom. The van der Waals surface area contributed by atoms with Gasteiger partial charge in [0.1, 0.15) is 5.75 Å². The number of ether oxygens (including phenoxy) is 1. The van der Waals surface area contributed by atoms with Crippen LogP contribution in [0.25, 0.3) is 0 Å². The van der Waals surface area contributed by atoms with Crippen molar-refractivity contribution in [2.24, 2.45) is 5.92 Å². The Morgan fingerprint density at radius 2 is 1.89 bits per heavy atom. The summed E-state index contributed by atoms with van der Waals surface area (Å²) in [5, 5.41) is 18.3. The monoisotopic (exact) mass is 252 g/mol. The van der Waals surface area contributed by atoms with E-state index in [-0.39, 0.29) is 0 Å². The van der Waals surface area contributed by atoms with Crippen LogP contribution in [0.5, 0.6) is 5.75 Å². The molecule has 0 bridgehead atoms. The number of carboxylic acid groups (broad SMARTS) is 1. The summed E-state index contributed by atoms with van der Waals surface area (Å²) in [6, 6.07) is 7.39. The molecule has 0 aliphatic heterocycles. The van der Waals surface area contributed by atoms with Crippen LogP contribution in [0.1, 0.15) is 25.3 Å². The van der Waals surface area contributed by atoms with Crippen molar-refractivity contribution >= 4 is 5.97 Å². The van der Waals surface area contributed by atoms with E-state index in [0.29, 0.717) is 19.3 Å². The molecule has 0 aliphatic rings. The Balaban J connectivity index is 2.61. The van der Waals surface area contributed by atoms with Crippen molar-refractivity contribution in [3.63, 3.8) is 0 Å². The number of aliphatic hydroxyl groups is 1. The molecule has 2 atom stereocenters. The molecule has 2 unspecified atom stereocenters. The minimum absolute atomic E-state index is 0.451. The summed E-state index contributed by atoms with van der Waals surface area (Å²) in [6.07, 6.45) is 1.01. The van der Waals surface area contributed by atoms with E-state index in [9.17, 15) is 9.90 Å². The van der Waals surface area contributed by atoms with Crippen LogP contribution in [0, 0.1) is 5.92 Å². The van der Waals surface area contributed by atoms with Crippen molar-refractivity contribution in [1.29, 1.82) is 0 Å². The minimum Gasteiger partial charge on any atom is -0.497 e. The molecule has 4 heteroatoms. The van der Waals surface area contributed by atoms with E-state index in [4.69, 9.17) is 9.84 Å². The number of rotatable bonds is 7. The molecular weight excluding hydrogens is 232 g/mol. The molecule has 4 nitrogen and oxygen atoms in total. The molecular formula is C14H20O4. The number of benzene rings is 1. The maximum absolute atomic E-state index is 11.1. The number of hydrogen-bond acceptors (Lipinski definition) is 3. The van der Waals surface area contributed by atoms with Gasteiger partial charge in [-0.05, 0) is 43.9 Å². The maximum atomic E-state index is 11.1. The SMILES string of the molecule is COc1ccc(CC(CCC(C)O)C(=O)O)cc1. The third kappa shape index (κ3) is 4.75. The third-order valence-electron chi connectivity index (χ3n) is 2.92. The molecule has 1 aromatic carbocycles. The first-order valence-electron chi connectivity index (χ1n) is 6.06. The molecule has 0 amide bonds. The van der Waals surface area contributed by atoms with Crippen LogP contribution in [-0.2, 0) is 11.2 Å². The van der Waals surface area contributed by atoms with Crippen molar-refractivity contribution in [1.82, 2.24) is 0 Å². The molecule has 1 aromatic rings. The van der Waals surface area contributed by atoms with Crippen molar-refractivity contribution in [3.8, 4) is 5.75 Å². The lowest BCUT2D eigenvalue weighted by atomic mass is 9.94. The van der Waals surface area contributed by atoms with E-state index in [2.05, 4.69) is 0 Å². The fourth-order valence-electron chi connectivity index (χ4n) is 1.80. The van der Waals surface area contributed by atoms with Crippen LogP contribution in [0.2, 0.25) is 0 Å². The fraction of sp³-hybridized carbons (Fsp3) is 0.500. The van der Waals surface area contributed by atoms with Gasteiger partial charge >= 0.3 is 5.97 Å². The molecule has 1 rings (SSSR count). The first-order chi connectivity index (χ1) is 8.52. The summed E-state index contributed by atoms with van der Waals surface area (Å²) in [7, 11) is 1.59. The van der Waals surface area contributed by atoms with E-state index in [1.165, 1.54) is 0 Å². The molecule has 0 aliphatic carbocycles. The standard InChI is InChI=1S/C14H20O4/c1-10(15)3-6-12(14(16)17)9-11-4-7-13(18-2)8-5-11/h4-5,7-8,10,12,15H,3,6,9H2,1-2H3,(H,16,17). The number of methoxy groups -OCH3 is 1. The van der Waals surface area contributed by atoms with Gasteiger partial charge in [0.15, 0.2) is 0 Å². The zero-order valence-corrected chi connectivity index (χ0v) is 10.8. The van der Waals surface area contributed by atoms with Crippen LogP contribution in [0.4, 0.5) is 0 Å². The Kier molecular flexibility index (Phi) is 5.65. The van der Waals surface area contributed by atoms with Crippen molar-refractivity contribution in [2.45, 2.75) is 32.3 Å². The topological polar surface area (TPSA) is 66.8 Å². The second-order valence-electron chi connectivity index (χ2n) is 4.51. The minimum atomic E-state index is -0.813. The lowest BCUT2D eigenvalue weighted by Crippen LogP contribution is -2.18. The van der Waals surface area contributed by atoms with Crippen LogP contribution in [-0.4, -0.2) is 29.4 Å². The summed E-state index contributed by atoms with van der Waals surface area (Å²) in [4.78, 5) is 11.1. The van der Waals surface area contributed by atoms with Gasteiger partial charge in [-0.1, -0.05) is 12.1 Å². The zero-order chi connectivity index (χ0) is 13.5. The van der Waals surface area contributed by atoms with Crippen LogP contribution in [0.3, 0.4) is 0 Å². The molecule has 0 fully saturated rings. The van der Waals surface area contributed by atoms with Crippen LogP contribution < -0.4 is 4.74 Å². The van der Waals surface area contributed by atoms with Crippen LogP contribution in [0.15, 0.2) is 24.3 Å². The van der Waals surface area contributed by atoms with Gasteiger partial charge in [0.2, 0.25) is 0 Å². The molecule has 0 heterocycles. The molecule has 0 saturated heterocycles. The van der Waals surface area contributed by atoms with E-state index in [1.54, 1.807) is 14.0 Å². The highest BCUT2D eigenvalue weighted by Gasteiger charge is 2.18. The third-order valence-corrected chi connectivity index (χ3v) is 2.92. The van der Waals surface area contributed by atoms with Gasteiger partial charge in [0, 0.05) is 0 Å². The molecule has 0 aromatic heterocycles. The zero-order valence-electron chi connectivity index (χ0n) is 10.8. The number of aliphatic carboxylic acids is 1. The molecule has 0 radical (unpaired) electrons. The van der Waals surface area contributed by atoms with Gasteiger partial charge < -0.3 is 14.9 Å². The van der Waals surface area contributed by atoms with E-state index in [1.807, 2.05) is 24.3 Å². The molecule has 0 saturated carbocycles. The number of carbonyl (C=O) groups is 1. The normalized spacial score (nSPS) is 13.9. The van der Waals surface area contributed by atoms with E-state index < -0.39 is 18.0 Å². The second kappa shape index (κ2) is 7.01. The summed E-state index contributed by atoms with van der Waals surface area (Å²) < 4.78 is 5.05. The van der Waals surface area contributed by atoms with Crippen LogP contribution >= 0.6 is 0 Å². The average Bonchev–Trinajstić information content (AvgIpc) is 2.34. The van der Waals surface area contributed by atoms with Gasteiger partial charge in [-0.25, -0.2) is 0 Å². The van der Waals surface area contributed by atoms with E-state index in [0.717, 1.165) is 11.3 Å². The molecule has 2 N–H and O–H groups in total. The Bertz CT molecular complexity index is 370. The highest BCUT2D eigenvalue weighted by Crippen LogP contribution is 2.18. The van der Waals surface area contributed by atoms with Crippen molar-refractivity contribution in [3.05, 3.63) is 29.8 Å². The largest absolute Gasteiger partial charge is 0.497 e. The highest BCUT2D eigenvalue weighted by atomic mass is 16.5. The van der Waals surface area contributed by atoms with Gasteiger partial charge in [-0.15, -0.1) is 0 Å². The number of hydrogen-bond donors (Lipinski definition) is 2. The Labute approximate surface area is 107 Å². The predicted molar refractivity (Wildman–Crippen MR) is 68.7 cm³/mol. The average molecular weight is 252 g/mol. The van der Waals surface area contributed by atoms with Gasteiger partial charge in [-0.2, -0.15) is 0 Å². The molecule has 18 heavy (non-hydrogen) atoms. The Morgan fingerprint density at radius 1 is 1.28 bits per heavy atom. The quantitative estimate of drug-likeness (QED) is 0.780. The molecule has 100 valence electrons. The Hall–Kier alpha value is -1.55. The number of aliphatic hydroxyl groups excluding tert-OH is 1. The predicted octanol–water partition coefficient (Wildman–Crippen LogP) is 2.10. The first kappa shape index (κ1) is 14.5. The fourth-order valence-corrected chi connectivity index (χ4v) is 1.80. The lowest BCUT2D eigenvalue weighted by Gasteiger charge is -2.13. The smallest absolute Gasteiger partial charge is 0.306 e. The second-order valence-corrected chi connectivity index (χ2v) is 4.51. The van der Waals surface area contributed by atoms with E-state index >= 15 is 0 Å². The van der Waals surface area contributed by atoms with Gasteiger partial charge in [0.05, 0.1) is 19.1 Å². The molecule has 0 spiro atoms. The summed E-state index contributed by atoms with van der Waals surface area (Å²) in [6.45, 7) is 1.67. The van der Waals surface area contributed by atoms with Gasteiger partial charge in [0.25, 0.3) is 0 Å². The first-order valence-corrected chi connectivity index (χ1v) is 6.06. The maximum Gasteiger partial charge on any atom is 0.306 e. The van der Waals surface area contributed by atoms with Crippen molar-refractivity contribution < 1.29 is 19.7 Å². The van der Waals surface area contributed by atoms with Gasteiger partial charge in [-0.3, -0.25) is 4.79 Å². The summed E-state index contributed by atoms with van der Waals surface area (Å²) in [5.74, 6) is -0.505. The summed E-state index contributed by atoms with van der Waals surface area (Å²) in [5.41, 5.74) is 0.966.